The zero-order valence-electron chi connectivity index (χ0n) is 1.33. The molecule has 0 amide bonds. The molecule has 0 aromatic heterocycles. The average molecular weight is 130 g/mol. The van der Waals surface area contributed by atoms with E-state index in [1.807, 2.05) is 0 Å². The molecule has 0 aromatic carbocycles. The van der Waals surface area contributed by atoms with E-state index in [9.17, 15) is 0 Å². The Morgan fingerprint density at radius 1 is 1.00 bits per heavy atom. The van der Waals surface area contributed by atoms with Gasteiger partial charge in [0.1, 0.15) is 0 Å². The molecule has 8 radical (unpaired) electrons. The van der Waals surface area contributed by atoms with Crippen LogP contribution in [0, 0.1) is 0 Å². The van der Waals surface area contributed by atoms with Crippen LogP contribution in [0.15, 0.2) is 0 Å². The minimum atomic E-state index is 0. The van der Waals surface area contributed by atoms with Gasteiger partial charge in [0.15, 0.2) is 0 Å². The monoisotopic (exact) mass is 130 g/mol. The second kappa shape index (κ2) is 30.7. The van der Waals surface area contributed by atoms with Crippen LogP contribution in [0.25, 0.3) is 0 Å². The van der Waals surface area contributed by atoms with Crippen LogP contribution < -0.4 is 0 Å². The molecule has 0 aliphatic carbocycles. The fourth-order valence-electron chi connectivity index (χ4n) is 0. The molecule has 0 spiro atoms. The van der Waals surface area contributed by atoms with Crippen LogP contribution in [0.1, 0.15) is 7.43 Å². The molecule has 0 rings (SSSR count). The Hall–Kier alpha value is 1.17. The summed E-state index contributed by atoms with van der Waals surface area (Å²) in [5.41, 5.74) is 0. The van der Waals surface area contributed by atoms with Gasteiger partial charge in [-0.05, 0) is 0 Å². The van der Waals surface area contributed by atoms with Crippen molar-refractivity contribution in [3.8, 4) is 0 Å². The molecule has 0 saturated heterocycles. The number of hydrogen-bond donors (Lipinski definition) is 0. The molecule has 0 bridgehead atoms. The first-order chi connectivity index (χ1) is 0. The van der Waals surface area contributed by atoms with Crippen LogP contribution >= 0.6 is 9.90 Å². The zero-order chi connectivity index (χ0) is 0. The zero-order valence-corrected chi connectivity index (χ0v) is 4.40. The first-order valence-corrected chi connectivity index (χ1v) is 0. The van der Waals surface area contributed by atoms with E-state index < -0.39 is 0 Å². The molecule has 0 saturated carbocycles. The largest absolute Gasteiger partial charge is 0.0776 e. The third-order valence-corrected chi connectivity index (χ3v) is 0. The molecule has 0 unspecified atom stereocenters. The average Bonchev–Trinajstić information content (AvgIpc) is 0. The standard InChI is InChI=1S/CH4.Mn.P.Si/h1H4;;;. The first-order valence-electron chi connectivity index (χ1n) is 0. The van der Waals surface area contributed by atoms with E-state index in [1.165, 1.54) is 0 Å². The minimum absolute atomic E-state index is 0. The van der Waals surface area contributed by atoms with Crippen LogP contribution in [0.4, 0.5) is 0 Å². The second-order valence-electron chi connectivity index (χ2n) is 0. The maximum atomic E-state index is 0. The smallest absolute Gasteiger partial charge is 0 e. The minimum Gasteiger partial charge on any atom is -0.0776 e. The maximum Gasteiger partial charge on any atom is 0 e. The molecule has 4 heavy (non-hydrogen) atoms. The molecule has 0 heterocycles. The molecular weight excluding hydrogens is 126 g/mol. The fraction of sp³-hybridized carbons (Fsp3) is 1.00. The van der Waals surface area contributed by atoms with Crippen LogP contribution in [0.2, 0.25) is 0 Å². The van der Waals surface area contributed by atoms with E-state index in [0.717, 1.165) is 0 Å². The predicted molar refractivity (Wildman–Crippen MR) is 19.4 cm³/mol. The second-order valence-corrected chi connectivity index (χ2v) is 0. The summed E-state index contributed by atoms with van der Waals surface area (Å²) in [4.78, 5) is 0. The summed E-state index contributed by atoms with van der Waals surface area (Å²) in [6.45, 7) is 0. The Morgan fingerprint density at radius 2 is 1.00 bits per heavy atom. The van der Waals surface area contributed by atoms with Crippen LogP contribution in [-0.4, -0.2) is 11.0 Å². The molecule has 3 heteroatoms. The third kappa shape index (κ3) is 10.9. The third-order valence-electron chi connectivity index (χ3n) is 0. The summed E-state index contributed by atoms with van der Waals surface area (Å²) in [6, 6.07) is 0. The summed E-state index contributed by atoms with van der Waals surface area (Å²) in [7, 11) is 0. The van der Waals surface area contributed by atoms with Gasteiger partial charge < -0.3 is 0 Å². The van der Waals surface area contributed by atoms with E-state index >= 15 is 0 Å². The van der Waals surface area contributed by atoms with E-state index in [4.69, 9.17) is 0 Å². The van der Waals surface area contributed by atoms with Crippen molar-refractivity contribution < 1.29 is 17.1 Å². The summed E-state index contributed by atoms with van der Waals surface area (Å²) in [5.74, 6) is 0. The predicted octanol–water partition coefficient (Wildman–Crippen LogP) is 1.11. The maximum absolute atomic E-state index is 0. The topological polar surface area (TPSA) is 0 Å². The van der Waals surface area contributed by atoms with Gasteiger partial charge in [0.25, 0.3) is 0 Å². The Balaban J connectivity index is 0. The van der Waals surface area contributed by atoms with Gasteiger partial charge in [-0.2, -0.15) is 0 Å². The van der Waals surface area contributed by atoms with Crippen molar-refractivity contribution in [2.75, 3.05) is 0 Å². The van der Waals surface area contributed by atoms with E-state index in [1.54, 1.807) is 0 Å². The molecular formula is CH4MnPSi. The Morgan fingerprint density at radius 3 is 1.00 bits per heavy atom. The SMILES string of the molecule is C.[Mn].[P].[Si]. The first kappa shape index (κ1) is 65.9. The summed E-state index contributed by atoms with van der Waals surface area (Å²) in [5, 5.41) is 0. The molecule has 0 nitrogen and oxygen atoms in total. The molecule has 0 aliphatic rings. The van der Waals surface area contributed by atoms with Crippen LogP contribution in [-0.2, 0) is 17.1 Å². The van der Waals surface area contributed by atoms with Gasteiger partial charge in [0.05, 0.1) is 0 Å². The van der Waals surface area contributed by atoms with E-state index in [0.29, 0.717) is 0 Å². The van der Waals surface area contributed by atoms with Gasteiger partial charge >= 0.3 is 0 Å². The van der Waals surface area contributed by atoms with Gasteiger partial charge in [0.2, 0.25) is 0 Å². The Bertz CT molecular complexity index is 8.00. The van der Waals surface area contributed by atoms with Crippen molar-refractivity contribution in [2.45, 2.75) is 7.43 Å². The van der Waals surface area contributed by atoms with E-state index in [-0.39, 0.29) is 45.4 Å². The van der Waals surface area contributed by atoms with E-state index in [2.05, 4.69) is 0 Å². The summed E-state index contributed by atoms with van der Waals surface area (Å²) >= 11 is 0. The van der Waals surface area contributed by atoms with Crippen molar-refractivity contribution in [2.24, 2.45) is 0 Å². The van der Waals surface area contributed by atoms with Crippen LogP contribution in [0.3, 0.4) is 0 Å². The van der Waals surface area contributed by atoms with Crippen molar-refractivity contribution in [3.63, 3.8) is 0 Å². The molecule has 24 valence electrons. The normalized spacial score (nSPS) is 0. The molecule has 0 N–H and O–H groups in total. The summed E-state index contributed by atoms with van der Waals surface area (Å²) in [6.07, 6.45) is 0. The molecule has 0 aromatic rings. The van der Waals surface area contributed by atoms with Gasteiger partial charge in [-0.15, -0.1) is 0 Å². The molecule has 0 atom stereocenters. The van der Waals surface area contributed by atoms with Crippen LogP contribution in [0.5, 0.6) is 0 Å². The Labute approximate surface area is 45.9 Å². The fourth-order valence-corrected chi connectivity index (χ4v) is 0. The van der Waals surface area contributed by atoms with Crippen molar-refractivity contribution in [1.82, 2.24) is 0 Å². The van der Waals surface area contributed by atoms with Crippen molar-refractivity contribution in [1.29, 1.82) is 0 Å². The van der Waals surface area contributed by atoms with Gasteiger partial charge in [-0.3, -0.25) is 0 Å². The molecule has 0 aliphatic heterocycles. The van der Waals surface area contributed by atoms with Gasteiger partial charge in [-0.25, -0.2) is 0 Å². The number of rotatable bonds is 0. The van der Waals surface area contributed by atoms with Crippen molar-refractivity contribution >= 4 is 20.9 Å². The van der Waals surface area contributed by atoms with Gasteiger partial charge in [-0.1, -0.05) is 7.43 Å². The van der Waals surface area contributed by atoms with Crippen molar-refractivity contribution in [3.05, 3.63) is 0 Å². The summed E-state index contributed by atoms with van der Waals surface area (Å²) < 4.78 is 0. The van der Waals surface area contributed by atoms with Gasteiger partial charge in [0, 0.05) is 37.9 Å². The number of hydrogen-bond acceptors (Lipinski definition) is 0. The Kier molecular flexibility index (Phi) is 506. The quantitative estimate of drug-likeness (QED) is 0.340. The molecule has 0 fully saturated rings.